The summed E-state index contributed by atoms with van der Waals surface area (Å²) in [5, 5.41) is 42.8. The number of sulfone groups is 1. The first kappa shape index (κ1) is 85.4. The summed E-state index contributed by atoms with van der Waals surface area (Å²) in [6.07, 6.45) is 1.93. The molecule has 0 unspecified atom stereocenters. The summed E-state index contributed by atoms with van der Waals surface area (Å²) in [5.41, 5.74) is 0.989. The number of Topliss-reactive ketones (excluding diaryl/α,β-unsaturated/α-hetero) is 2. The molecule has 7 amide bonds. The van der Waals surface area contributed by atoms with Gasteiger partial charge in [-0.1, -0.05) is 156 Å². The molecule has 115 heavy (non-hydrogen) atoms. The lowest BCUT2D eigenvalue weighted by atomic mass is 9.85. The van der Waals surface area contributed by atoms with E-state index in [0.29, 0.717) is 65.1 Å². The molecule has 28 nitrogen and oxygen atoms in total. The molecule has 1 aromatic heterocycles. The molecule has 0 radical (unpaired) electrons. The number of carboxylic acid groups (broad SMARTS) is 1. The molecule has 7 aromatic rings. The number of amides is 7. The van der Waals surface area contributed by atoms with Crippen molar-refractivity contribution in [1.82, 2.24) is 62.0 Å². The summed E-state index contributed by atoms with van der Waals surface area (Å²) in [4.78, 5) is 149. The number of rotatable bonds is 17. The number of likely N-dealkylation sites (tertiary alicyclic amines) is 2. The van der Waals surface area contributed by atoms with Gasteiger partial charge in [0.05, 0.1) is 54.4 Å². The molecule has 6 aliphatic heterocycles. The Hall–Kier alpha value is -10.5. The number of ether oxygens (including phenoxy) is 3. The Morgan fingerprint density at radius 2 is 1.11 bits per heavy atom. The monoisotopic (exact) mass is 1600 g/mol. The fourth-order valence-corrected chi connectivity index (χ4v) is 16.6. The number of ketones is 2. The van der Waals surface area contributed by atoms with Crippen LogP contribution in [0.2, 0.25) is 0 Å². The molecule has 14 rings (SSSR count). The minimum absolute atomic E-state index is 0.0202. The SMILES string of the molecule is CN[C@@H](C)C(=O)N[C@H](C(=O)N1C[C@@H]2C[C@H]1C(=O)C[C@@H](Cc1ccc3ccccc3c1)C(=O)N[C@H](C(=O)O)Cc1ccc(cc1)OCc1cn(nn1)[C@H]1C[C@@H](C(=O)N[C@@H](Cc3ccc4ccccc4c3)C(=O)N[C@H](C(=O)CS(=O)(=O)C3CC3)Cc3ccc(cc3)OCCCCO2)N(C(=O)[C@@H](NC(=O)[C@H](C)NC)C(C)(C)C)C1)C(C)(C)C. The highest BCUT2D eigenvalue weighted by molar-refractivity contribution is 7.93. The second kappa shape index (κ2) is 37.4. The van der Waals surface area contributed by atoms with Gasteiger partial charge in [0, 0.05) is 57.7 Å². The highest BCUT2D eigenvalue weighted by atomic mass is 32.2. The highest BCUT2D eigenvalue weighted by Gasteiger charge is 2.49. The molecule has 7 aliphatic rings. The van der Waals surface area contributed by atoms with E-state index in [1.54, 1.807) is 103 Å². The number of aliphatic carboxylic acids is 1. The normalized spacial score (nSPS) is 22.5. The van der Waals surface area contributed by atoms with Gasteiger partial charge in [-0.3, -0.25) is 43.2 Å². The lowest BCUT2D eigenvalue weighted by Crippen LogP contribution is -2.61. The predicted molar refractivity (Wildman–Crippen MR) is 432 cm³/mol. The van der Waals surface area contributed by atoms with Gasteiger partial charge in [0.25, 0.3) is 0 Å². The van der Waals surface area contributed by atoms with E-state index in [1.807, 2.05) is 106 Å². The van der Waals surface area contributed by atoms with Crippen LogP contribution in [-0.2, 0) is 94.8 Å². The second-order valence-electron chi connectivity index (χ2n) is 33.1. The van der Waals surface area contributed by atoms with Crippen LogP contribution in [0.3, 0.4) is 0 Å². The van der Waals surface area contributed by atoms with Gasteiger partial charge in [0.2, 0.25) is 41.4 Å². The topological polar surface area (TPSA) is 374 Å². The van der Waals surface area contributed by atoms with Crippen molar-refractivity contribution in [3.8, 4) is 11.5 Å². The molecule has 0 spiro atoms. The molecule has 12 atom stereocenters. The van der Waals surface area contributed by atoms with Gasteiger partial charge in [-0.25, -0.2) is 17.9 Å². The van der Waals surface area contributed by atoms with E-state index >= 15 is 24.0 Å². The lowest BCUT2D eigenvalue weighted by Gasteiger charge is -2.36. The van der Waals surface area contributed by atoms with Crippen LogP contribution in [0.25, 0.3) is 21.5 Å². The van der Waals surface area contributed by atoms with Crippen LogP contribution in [0.4, 0.5) is 0 Å². The maximum atomic E-state index is 15.5. The number of hydrogen-bond acceptors (Lipinski definition) is 19. The van der Waals surface area contributed by atoms with Crippen molar-refractivity contribution in [2.45, 2.75) is 204 Å². The molecule has 1 saturated carbocycles. The molecular weight excluding hydrogens is 1490 g/mol. The number of hydrogen-bond donors (Lipinski definition) is 8. The summed E-state index contributed by atoms with van der Waals surface area (Å²) in [6.45, 7) is 14.3. The van der Waals surface area contributed by atoms with Gasteiger partial charge < -0.3 is 66.3 Å². The van der Waals surface area contributed by atoms with Crippen molar-refractivity contribution < 1.29 is 75.7 Å². The van der Waals surface area contributed by atoms with Gasteiger partial charge in [-0.2, -0.15) is 0 Å². The van der Waals surface area contributed by atoms with Crippen LogP contribution in [0.1, 0.15) is 134 Å². The van der Waals surface area contributed by atoms with E-state index in [1.165, 1.54) is 14.5 Å². The molecule has 614 valence electrons. The maximum Gasteiger partial charge on any atom is 0.326 e. The van der Waals surface area contributed by atoms with Crippen molar-refractivity contribution in [1.29, 1.82) is 0 Å². The van der Waals surface area contributed by atoms with E-state index in [4.69, 9.17) is 14.2 Å². The molecular formula is C86H108N12O16S. The quantitative estimate of drug-likeness (QED) is 0.0497. The number of aromatic nitrogens is 3. The zero-order chi connectivity index (χ0) is 82.6. The molecule has 1 aliphatic carbocycles. The minimum atomic E-state index is -3.91. The van der Waals surface area contributed by atoms with Gasteiger partial charge in [-0.15, -0.1) is 5.10 Å². The maximum absolute atomic E-state index is 15.5. The van der Waals surface area contributed by atoms with Crippen LogP contribution >= 0.6 is 0 Å². The van der Waals surface area contributed by atoms with E-state index in [2.05, 4.69) is 47.5 Å². The second-order valence-corrected chi connectivity index (χ2v) is 35.4. The molecule has 10 bridgehead atoms. The fraction of sp³-hybridized carbons (Fsp3) is 0.488. The van der Waals surface area contributed by atoms with Crippen LogP contribution in [0.15, 0.2) is 140 Å². The Morgan fingerprint density at radius 1 is 0.591 bits per heavy atom. The summed E-state index contributed by atoms with van der Waals surface area (Å²) in [5.74, 6) is -7.95. The summed E-state index contributed by atoms with van der Waals surface area (Å²) in [7, 11) is -0.671. The number of nitrogens with one attached hydrogen (secondary N) is 7. The lowest BCUT2D eigenvalue weighted by molar-refractivity contribution is -0.145. The number of likely N-dealkylation sites (N-methyl/N-ethyl adjacent to an activating group) is 2. The van der Waals surface area contributed by atoms with Crippen molar-refractivity contribution in [3.05, 3.63) is 168 Å². The van der Waals surface area contributed by atoms with Gasteiger partial charge in [-0.05, 0) is 145 Å². The Kier molecular flexibility index (Phi) is 27.8. The first-order chi connectivity index (χ1) is 54.7. The minimum Gasteiger partial charge on any atom is -0.494 e. The van der Waals surface area contributed by atoms with E-state index in [-0.39, 0.29) is 71.4 Å². The molecule has 3 fully saturated rings. The number of fused-ring (bicyclic) bond motifs is 2. The zero-order valence-electron chi connectivity index (χ0n) is 67.0. The first-order valence-electron chi connectivity index (χ1n) is 39.6. The van der Waals surface area contributed by atoms with Gasteiger partial charge in [0.15, 0.2) is 21.4 Å². The predicted octanol–water partition coefficient (Wildman–Crippen LogP) is 6.27. The van der Waals surface area contributed by atoms with Crippen LogP contribution in [0, 0.1) is 16.7 Å². The van der Waals surface area contributed by atoms with Gasteiger partial charge >= 0.3 is 5.97 Å². The number of carboxylic acids is 1. The number of benzene rings is 6. The largest absolute Gasteiger partial charge is 0.494 e. The molecule has 2 saturated heterocycles. The zero-order valence-corrected chi connectivity index (χ0v) is 67.8. The summed E-state index contributed by atoms with van der Waals surface area (Å²) in [6, 6.07) is 28.9. The average Bonchev–Trinajstić information content (AvgIpc) is 1.66. The van der Waals surface area contributed by atoms with E-state index in [9.17, 15) is 37.5 Å². The van der Waals surface area contributed by atoms with Crippen LogP contribution in [0.5, 0.6) is 11.5 Å². The molecule has 8 N–H and O–H groups in total. The number of carbonyl (C=O) groups is 10. The van der Waals surface area contributed by atoms with E-state index in [0.717, 1.165) is 21.5 Å². The Balaban J connectivity index is 0.911. The van der Waals surface area contributed by atoms with Crippen molar-refractivity contribution >= 4 is 90.3 Å². The average molecular weight is 1600 g/mol. The third-order valence-corrected chi connectivity index (χ3v) is 24.3. The summed E-state index contributed by atoms with van der Waals surface area (Å²) >= 11 is 0. The van der Waals surface area contributed by atoms with Crippen molar-refractivity contribution in [2.24, 2.45) is 16.7 Å². The third kappa shape index (κ3) is 22.3. The summed E-state index contributed by atoms with van der Waals surface area (Å²) < 4.78 is 47.6. The standard InChI is InChI=1S/C86H108N12O16S/c1-51(87-9)77(101)92-75(85(3,4)5)82(106)96-47-63-44-72(96)81(105)90-69(42-56-22-28-58-18-12-14-20-60(58)38-56)80(104)89-68(74(100)50-115(110,111)67-33-34-67)40-53-23-29-64(30-24-53)112-35-15-16-36-113-66-45-71(97(48-66)83(107)76(86(6,7)8)93-78(102)52(2)88-10)73(99)43-61(39-55-21-27-57-17-11-13-19-59(57)37-55)79(103)91-70(84(108)109)41-54-25-31-65(32-26-54)114-49-62-46-98(63)95-94-62/h11-14,17-32,37-38,46,51-52,61,63,66-72,75-76,87-88H,15-16,33-36,39-45,47-50H2,1-10H3,(H,89,104)(H,90,105)(H,91,103)(H,92,101)(H,93,102)(H,108,109)/t51-,52-,61+,63-,66-,68-,69-,70-,71-,72-,75+,76+/m0/s1. The fourth-order valence-electron chi connectivity index (χ4n) is 14.9. The van der Waals surface area contributed by atoms with Crippen LogP contribution < -0.4 is 46.7 Å². The van der Waals surface area contributed by atoms with Crippen LogP contribution in [-0.4, -0.2) is 209 Å². The number of nitrogens with zero attached hydrogens (tertiary/aromatic N) is 5. The van der Waals surface area contributed by atoms with Gasteiger partial charge in [0.1, 0.15) is 59.8 Å². The Morgan fingerprint density at radius 3 is 1.66 bits per heavy atom. The molecule has 29 heteroatoms. The molecule has 7 heterocycles. The Labute approximate surface area is 671 Å². The van der Waals surface area contributed by atoms with Crippen molar-refractivity contribution in [3.63, 3.8) is 0 Å². The number of carbonyl (C=O) groups excluding carboxylic acids is 9. The first-order valence-corrected chi connectivity index (χ1v) is 41.3. The Bertz CT molecular complexity index is 4810. The smallest absolute Gasteiger partial charge is 0.326 e. The van der Waals surface area contributed by atoms with Crippen molar-refractivity contribution in [2.75, 3.05) is 46.2 Å². The highest BCUT2D eigenvalue weighted by Crippen LogP contribution is 2.35. The molecule has 6 aromatic carbocycles. The van der Waals surface area contributed by atoms with E-state index < -0.39 is 169 Å². The third-order valence-electron chi connectivity index (χ3n) is 22.1.